The molecule has 0 saturated carbocycles. The Morgan fingerprint density at radius 3 is 2.32 bits per heavy atom. The molecule has 0 fully saturated rings. The van der Waals surface area contributed by atoms with Crippen LogP contribution in [0.5, 0.6) is 5.75 Å². The van der Waals surface area contributed by atoms with E-state index >= 15 is 0 Å². The first kappa shape index (κ1) is 15.4. The van der Waals surface area contributed by atoms with Gasteiger partial charge in [0, 0.05) is 12.4 Å². The highest BCUT2D eigenvalue weighted by Gasteiger charge is 2.17. The van der Waals surface area contributed by atoms with Gasteiger partial charge in [-0.15, -0.1) is 0 Å². The number of aromatic nitrogens is 2. The molecule has 3 aromatic carbocycles. The van der Waals surface area contributed by atoms with Gasteiger partial charge in [0.15, 0.2) is 0 Å². The zero-order chi connectivity index (χ0) is 17.3. The van der Waals surface area contributed by atoms with Crippen LogP contribution < -0.4 is 4.18 Å². The standard InChI is InChI=1S/C19H14N2O3S/c22-25(23,19-11-6-15-4-1-2-5-16(15)14-19)24-18-9-7-17(8-10-18)21-13-3-12-20-21/h1-14H. The summed E-state index contributed by atoms with van der Waals surface area (Å²) in [6.07, 6.45) is 3.48. The van der Waals surface area contributed by atoms with E-state index < -0.39 is 10.1 Å². The molecule has 0 atom stereocenters. The van der Waals surface area contributed by atoms with Crippen molar-refractivity contribution in [1.29, 1.82) is 0 Å². The van der Waals surface area contributed by atoms with Gasteiger partial charge in [0.25, 0.3) is 0 Å². The number of fused-ring (bicyclic) bond motifs is 1. The third kappa shape index (κ3) is 3.12. The molecular formula is C19H14N2O3S. The molecule has 0 aliphatic carbocycles. The van der Waals surface area contributed by atoms with Crippen molar-refractivity contribution in [3.8, 4) is 11.4 Å². The van der Waals surface area contributed by atoms with Gasteiger partial charge < -0.3 is 4.18 Å². The molecule has 0 aliphatic heterocycles. The van der Waals surface area contributed by atoms with E-state index in [0.717, 1.165) is 16.5 Å². The largest absolute Gasteiger partial charge is 0.379 e. The summed E-state index contributed by atoms with van der Waals surface area (Å²) in [5.41, 5.74) is 0.820. The SMILES string of the molecule is O=S(=O)(Oc1ccc(-n2cccn2)cc1)c1ccc2ccccc2c1. The molecule has 4 rings (SSSR count). The molecule has 0 bridgehead atoms. The van der Waals surface area contributed by atoms with Crippen molar-refractivity contribution in [3.05, 3.63) is 85.2 Å². The zero-order valence-electron chi connectivity index (χ0n) is 13.1. The van der Waals surface area contributed by atoms with Crippen LogP contribution in [0.1, 0.15) is 0 Å². The lowest BCUT2D eigenvalue weighted by molar-refractivity contribution is 0.486. The van der Waals surface area contributed by atoms with Crippen molar-refractivity contribution >= 4 is 20.9 Å². The first-order valence-electron chi connectivity index (χ1n) is 7.65. The summed E-state index contributed by atoms with van der Waals surface area (Å²) in [6, 6.07) is 21.0. The van der Waals surface area contributed by atoms with Gasteiger partial charge in [-0.05, 0) is 53.2 Å². The normalized spacial score (nSPS) is 11.5. The highest BCUT2D eigenvalue weighted by Crippen LogP contribution is 2.23. The van der Waals surface area contributed by atoms with Crippen molar-refractivity contribution in [3.63, 3.8) is 0 Å². The average molecular weight is 350 g/mol. The van der Waals surface area contributed by atoms with E-state index in [1.165, 1.54) is 0 Å². The molecule has 4 aromatic rings. The summed E-state index contributed by atoms with van der Waals surface area (Å²) in [7, 11) is -3.89. The van der Waals surface area contributed by atoms with Crippen LogP contribution in [0.3, 0.4) is 0 Å². The van der Waals surface area contributed by atoms with Crippen molar-refractivity contribution in [2.45, 2.75) is 4.90 Å². The van der Waals surface area contributed by atoms with Crippen LogP contribution in [0, 0.1) is 0 Å². The Hall–Kier alpha value is -3.12. The van der Waals surface area contributed by atoms with Crippen molar-refractivity contribution < 1.29 is 12.6 Å². The maximum atomic E-state index is 12.5. The molecule has 1 aromatic heterocycles. The summed E-state index contributed by atoms with van der Waals surface area (Å²) in [6.45, 7) is 0. The van der Waals surface area contributed by atoms with E-state index in [1.807, 2.05) is 36.5 Å². The Balaban J connectivity index is 1.61. The molecule has 6 heteroatoms. The van der Waals surface area contributed by atoms with Crippen LogP contribution in [0.2, 0.25) is 0 Å². The first-order chi connectivity index (χ1) is 12.1. The fourth-order valence-corrected chi connectivity index (χ4v) is 3.54. The Morgan fingerprint density at radius 2 is 1.60 bits per heavy atom. The molecule has 1 heterocycles. The Kier molecular flexibility index (Phi) is 3.74. The van der Waals surface area contributed by atoms with E-state index in [-0.39, 0.29) is 10.6 Å². The molecular weight excluding hydrogens is 336 g/mol. The Labute approximate surface area is 145 Å². The van der Waals surface area contributed by atoms with Crippen LogP contribution in [0.25, 0.3) is 16.5 Å². The van der Waals surface area contributed by atoms with Crippen LogP contribution in [-0.4, -0.2) is 18.2 Å². The topological polar surface area (TPSA) is 61.2 Å². The zero-order valence-corrected chi connectivity index (χ0v) is 13.9. The lowest BCUT2D eigenvalue weighted by atomic mass is 10.1. The van der Waals surface area contributed by atoms with Crippen LogP contribution in [0.15, 0.2) is 90.1 Å². The highest BCUT2D eigenvalue weighted by atomic mass is 32.2. The molecule has 0 radical (unpaired) electrons. The molecule has 0 N–H and O–H groups in total. The lowest BCUT2D eigenvalue weighted by Crippen LogP contribution is -2.09. The Bertz CT molecular complexity index is 1120. The second kappa shape index (κ2) is 6.07. The smallest absolute Gasteiger partial charge is 0.339 e. The molecule has 25 heavy (non-hydrogen) atoms. The summed E-state index contributed by atoms with van der Waals surface area (Å²) in [5, 5.41) is 5.95. The summed E-state index contributed by atoms with van der Waals surface area (Å²) in [4.78, 5) is 0.127. The van der Waals surface area contributed by atoms with Crippen LogP contribution in [-0.2, 0) is 10.1 Å². The Morgan fingerprint density at radius 1 is 0.840 bits per heavy atom. The molecule has 0 amide bonds. The van der Waals surface area contributed by atoms with Gasteiger partial charge >= 0.3 is 10.1 Å². The van der Waals surface area contributed by atoms with Crippen molar-refractivity contribution in [2.75, 3.05) is 0 Å². The van der Waals surface area contributed by atoms with E-state index in [0.29, 0.717) is 0 Å². The van der Waals surface area contributed by atoms with Gasteiger partial charge in [0.05, 0.1) is 5.69 Å². The summed E-state index contributed by atoms with van der Waals surface area (Å²) in [5.74, 6) is 0.254. The molecule has 0 unspecified atom stereocenters. The molecule has 5 nitrogen and oxygen atoms in total. The third-order valence-corrected chi connectivity index (χ3v) is 5.06. The van der Waals surface area contributed by atoms with Crippen LogP contribution >= 0.6 is 0 Å². The van der Waals surface area contributed by atoms with E-state index in [4.69, 9.17) is 4.18 Å². The lowest BCUT2D eigenvalue weighted by Gasteiger charge is -2.09. The number of hydrogen-bond acceptors (Lipinski definition) is 4. The van der Waals surface area contributed by atoms with E-state index in [1.54, 1.807) is 53.3 Å². The van der Waals surface area contributed by atoms with Crippen molar-refractivity contribution in [1.82, 2.24) is 9.78 Å². The number of hydrogen-bond donors (Lipinski definition) is 0. The van der Waals surface area contributed by atoms with Gasteiger partial charge in [-0.1, -0.05) is 30.3 Å². The second-order valence-corrected chi connectivity index (χ2v) is 7.04. The highest BCUT2D eigenvalue weighted by molar-refractivity contribution is 7.87. The molecule has 124 valence electrons. The molecule has 0 aliphatic rings. The maximum absolute atomic E-state index is 12.5. The average Bonchev–Trinajstić information content (AvgIpc) is 3.16. The summed E-state index contributed by atoms with van der Waals surface area (Å²) >= 11 is 0. The van der Waals surface area contributed by atoms with Crippen LogP contribution in [0.4, 0.5) is 0 Å². The fraction of sp³-hybridized carbons (Fsp3) is 0. The predicted molar refractivity (Wildman–Crippen MR) is 95.3 cm³/mol. The monoisotopic (exact) mass is 350 g/mol. The maximum Gasteiger partial charge on any atom is 0.339 e. The minimum absolute atomic E-state index is 0.127. The fourth-order valence-electron chi connectivity index (χ4n) is 2.57. The van der Waals surface area contributed by atoms with Gasteiger partial charge in [0.1, 0.15) is 10.6 Å². The van der Waals surface area contributed by atoms with Gasteiger partial charge in [-0.2, -0.15) is 13.5 Å². The first-order valence-corrected chi connectivity index (χ1v) is 9.06. The molecule has 0 spiro atoms. The van der Waals surface area contributed by atoms with Gasteiger partial charge in [-0.25, -0.2) is 4.68 Å². The summed E-state index contributed by atoms with van der Waals surface area (Å²) < 4.78 is 32.0. The number of rotatable bonds is 4. The predicted octanol–water partition coefficient (Wildman–Crippen LogP) is 3.79. The van der Waals surface area contributed by atoms with E-state index in [9.17, 15) is 8.42 Å². The van der Waals surface area contributed by atoms with Gasteiger partial charge in [0.2, 0.25) is 0 Å². The second-order valence-electron chi connectivity index (χ2n) is 5.49. The minimum atomic E-state index is -3.89. The van der Waals surface area contributed by atoms with Crippen molar-refractivity contribution in [2.24, 2.45) is 0 Å². The third-order valence-electron chi connectivity index (χ3n) is 3.82. The quantitative estimate of drug-likeness (QED) is 0.525. The molecule has 0 saturated heterocycles. The number of benzene rings is 3. The van der Waals surface area contributed by atoms with Gasteiger partial charge in [-0.3, -0.25) is 0 Å². The van der Waals surface area contributed by atoms with E-state index in [2.05, 4.69) is 5.10 Å². The minimum Gasteiger partial charge on any atom is -0.379 e. The number of nitrogens with zero attached hydrogens (tertiary/aromatic N) is 2.